The summed E-state index contributed by atoms with van der Waals surface area (Å²) in [6.45, 7) is 1.96. The van der Waals surface area contributed by atoms with Gasteiger partial charge in [0.1, 0.15) is 5.54 Å². The minimum atomic E-state index is -0.761. The first-order valence-corrected chi connectivity index (χ1v) is 10.4. The summed E-state index contributed by atoms with van der Waals surface area (Å²) >= 11 is 7.68. The van der Waals surface area contributed by atoms with Crippen molar-refractivity contribution in [2.45, 2.75) is 56.9 Å². The van der Waals surface area contributed by atoms with Crippen LogP contribution in [0.5, 0.6) is 0 Å². The molecule has 0 aromatic carbocycles. The summed E-state index contributed by atoms with van der Waals surface area (Å²) in [5, 5.41) is 9.16. The SMILES string of the molecule is O=C1NC2(CCCCC2)C(=O)N1/N=C\c1sc(N2CCCCC2)nc1Cl. The van der Waals surface area contributed by atoms with Crippen LogP contribution in [0.2, 0.25) is 5.15 Å². The summed E-state index contributed by atoms with van der Waals surface area (Å²) in [5.41, 5.74) is -0.761. The molecule has 3 aliphatic rings. The van der Waals surface area contributed by atoms with Crippen LogP contribution in [-0.2, 0) is 4.79 Å². The zero-order chi connectivity index (χ0) is 18.1. The fraction of sp³-hybridized carbons (Fsp3) is 0.647. The van der Waals surface area contributed by atoms with Crippen LogP contribution >= 0.6 is 22.9 Å². The summed E-state index contributed by atoms with van der Waals surface area (Å²) in [5.74, 6) is -0.254. The third-order valence-electron chi connectivity index (χ3n) is 5.36. The van der Waals surface area contributed by atoms with Crippen LogP contribution in [-0.4, -0.2) is 46.8 Å². The number of carbonyl (C=O) groups is 2. The number of hydrazone groups is 1. The second kappa shape index (κ2) is 7.15. The molecule has 26 heavy (non-hydrogen) atoms. The second-order valence-corrected chi connectivity index (χ2v) is 8.50. The van der Waals surface area contributed by atoms with Crippen LogP contribution in [0.1, 0.15) is 56.2 Å². The minimum Gasteiger partial charge on any atom is -0.348 e. The van der Waals surface area contributed by atoms with E-state index in [1.54, 1.807) is 0 Å². The quantitative estimate of drug-likeness (QED) is 0.628. The topological polar surface area (TPSA) is 77.9 Å². The highest BCUT2D eigenvalue weighted by molar-refractivity contribution is 7.17. The first kappa shape index (κ1) is 17.7. The van der Waals surface area contributed by atoms with Crippen LogP contribution < -0.4 is 10.2 Å². The summed E-state index contributed by atoms with van der Waals surface area (Å²) in [6.07, 6.45) is 9.41. The first-order valence-electron chi connectivity index (χ1n) is 9.21. The van der Waals surface area contributed by atoms with E-state index >= 15 is 0 Å². The van der Waals surface area contributed by atoms with Gasteiger partial charge in [0, 0.05) is 13.1 Å². The van der Waals surface area contributed by atoms with E-state index in [1.807, 2.05) is 0 Å². The monoisotopic (exact) mass is 395 g/mol. The Bertz CT molecular complexity index is 738. The Labute approximate surface area is 161 Å². The lowest BCUT2D eigenvalue weighted by Gasteiger charge is -2.29. The maximum Gasteiger partial charge on any atom is 0.346 e. The van der Waals surface area contributed by atoms with Gasteiger partial charge in [-0.2, -0.15) is 5.10 Å². The van der Waals surface area contributed by atoms with Gasteiger partial charge in [0.2, 0.25) is 0 Å². The van der Waals surface area contributed by atoms with Gasteiger partial charge in [-0.05, 0) is 32.1 Å². The lowest BCUT2D eigenvalue weighted by atomic mass is 9.82. The normalized spacial score (nSPS) is 23.3. The molecule has 0 radical (unpaired) electrons. The Balaban J connectivity index is 1.50. The van der Waals surface area contributed by atoms with E-state index in [2.05, 4.69) is 20.3 Å². The van der Waals surface area contributed by atoms with Crippen molar-refractivity contribution in [3.63, 3.8) is 0 Å². The summed E-state index contributed by atoms with van der Waals surface area (Å²) in [6, 6.07) is -0.454. The Morgan fingerprint density at radius 3 is 2.54 bits per heavy atom. The Hall–Kier alpha value is -1.67. The van der Waals surface area contributed by atoms with Gasteiger partial charge in [-0.25, -0.2) is 9.78 Å². The third kappa shape index (κ3) is 3.20. The Kier molecular flexibility index (Phi) is 4.88. The number of nitrogens with one attached hydrogen (secondary N) is 1. The number of rotatable bonds is 3. The number of imide groups is 1. The second-order valence-electron chi connectivity index (χ2n) is 7.13. The van der Waals surface area contributed by atoms with Gasteiger partial charge in [0.25, 0.3) is 5.91 Å². The van der Waals surface area contributed by atoms with E-state index in [9.17, 15) is 9.59 Å². The lowest BCUT2D eigenvalue weighted by Crippen LogP contribution is -2.48. The van der Waals surface area contributed by atoms with Crippen molar-refractivity contribution in [1.82, 2.24) is 15.3 Å². The Morgan fingerprint density at radius 2 is 1.81 bits per heavy atom. The molecule has 2 aliphatic heterocycles. The molecule has 1 aromatic heterocycles. The number of piperidine rings is 1. The van der Waals surface area contributed by atoms with E-state index in [1.165, 1.54) is 24.0 Å². The van der Waals surface area contributed by atoms with E-state index < -0.39 is 11.6 Å². The number of hydrogen-bond acceptors (Lipinski definition) is 6. The van der Waals surface area contributed by atoms with Gasteiger partial charge >= 0.3 is 6.03 Å². The van der Waals surface area contributed by atoms with Gasteiger partial charge < -0.3 is 10.2 Å². The molecule has 3 fully saturated rings. The predicted molar refractivity (Wildman–Crippen MR) is 102 cm³/mol. The molecular formula is C17H22ClN5O2S. The molecule has 0 unspecified atom stereocenters. The molecule has 1 aliphatic carbocycles. The molecule has 1 N–H and O–H groups in total. The zero-order valence-electron chi connectivity index (χ0n) is 14.5. The maximum absolute atomic E-state index is 12.7. The number of anilines is 1. The number of urea groups is 1. The van der Waals surface area contributed by atoms with Gasteiger partial charge in [0.15, 0.2) is 10.3 Å². The van der Waals surface area contributed by atoms with Crippen LogP contribution in [0.25, 0.3) is 0 Å². The van der Waals surface area contributed by atoms with Crippen molar-refractivity contribution in [2.75, 3.05) is 18.0 Å². The molecule has 1 spiro atoms. The summed E-state index contributed by atoms with van der Waals surface area (Å²) in [7, 11) is 0. The van der Waals surface area contributed by atoms with E-state index in [4.69, 9.17) is 11.6 Å². The van der Waals surface area contributed by atoms with E-state index in [-0.39, 0.29) is 5.91 Å². The van der Waals surface area contributed by atoms with Crippen LogP contribution in [0, 0.1) is 0 Å². The number of amides is 3. The molecule has 140 valence electrons. The molecule has 7 nitrogen and oxygen atoms in total. The summed E-state index contributed by atoms with van der Waals surface area (Å²) < 4.78 is 0. The lowest BCUT2D eigenvalue weighted by molar-refractivity contribution is -0.132. The molecular weight excluding hydrogens is 374 g/mol. The van der Waals surface area contributed by atoms with Crippen molar-refractivity contribution in [3.8, 4) is 0 Å². The van der Waals surface area contributed by atoms with Crippen molar-refractivity contribution >= 4 is 46.2 Å². The number of hydrogen-bond donors (Lipinski definition) is 1. The summed E-state index contributed by atoms with van der Waals surface area (Å²) in [4.78, 5) is 32.3. The average Bonchev–Trinajstić information content (AvgIpc) is 3.13. The number of carbonyl (C=O) groups excluding carboxylic acids is 2. The smallest absolute Gasteiger partial charge is 0.346 e. The van der Waals surface area contributed by atoms with Crippen molar-refractivity contribution in [1.29, 1.82) is 0 Å². The molecule has 3 heterocycles. The third-order valence-corrected chi connectivity index (χ3v) is 6.81. The highest BCUT2D eigenvalue weighted by atomic mass is 35.5. The molecule has 1 saturated carbocycles. The van der Waals surface area contributed by atoms with E-state index in [0.29, 0.717) is 22.9 Å². The Morgan fingerprint density at radius 1 is 1.12 bits per heavy atom. The maximum atomic E-state index is 12.7. The highest BCUT2D eigenvalue weighted by Gasteiger charge is 2.51. The molecule has 0 atom stereocenters. The standard InChI is InChI=1S/C17H22ClN5O2S/c18-13-12(26-16(20-13)22-9-5-2-6-10-22)11-19-23-14(24)17(21-15(23)25)7-3-1-4-8-17/h11H,1-10H2,(H,21,25)/b19-11-. The fourth-order valence-corrected chi connectivity index (χ4v) is 5.09. The molecule has 3 amide bonds. The number of aromatic nitrogens is 1. The predicted octanol–water partition coefficient (Wildman–Crippen LogP) is 3.38. The molecule has 4 rings (SSSR count). The zero-order valence-corrected chi connectivity index (χ0v) is 16.1. The largest absolute Gasteiger partial charge is 0.348 e. The van der Waals surface area contributed by atoms with Gasteiger partial charge in [-0.3, -0.25) is 4.79 Å². The van der Waals surface area contributed by atoms with Crippen molar-refractivity contribution in [2.24, 2.45) is 5.10 Å². The first-order chi connectivity index (χ1) is 12.6. The highest BCUT2D eigenvalue weighted by Crippen LogP contribution is 2.34. The molecule has 2 saturated heterocycles. The fourth-order valence-electron chi connectivity index (χ4n) is 3.92. The minimum absolute atomic E-state index is 0.254. The van der Waals surface area contributed by atoms with E-state index in [0.717, 1.165) is 55.3 Å². The van der Waals surface area contributed by atoms with Crippen LogP contribution in [0.3, 0.4) is 0 Å². The number of halogens is 1. The van der Waals surface area contributed by atoms with Crippen LogP contribution in [0.15, 0.2) is 5.10 Å². The van der Waals surface area contributed by atoms with Crippen molar-refractivity contribution < 1.29 is 9.59 Å². The van der Waals surface area contributed by atoms with Gasteiger partial charge in [0.05, 0.1) is 11.1 Å². The van der Waals surface area contributed by atoms with Crippen LogP contribution in [0.4, 0.5) is 9.93 Å². The number of nitrogens with zero attached hydrogens (tertiary/aromatic N) is 4. The molecule has 9 heteroatoms. The van der Waals surface area contributed by atoms with Gasteiger partial charge in [-0.15, -0.1) is 5.01 Å². The average molecular weight is 396 g/mol. The molecule has 0 bridgehead atoms. The van der Waals surface area contributed by atoms with Gasteiger partial charge in [-0.1, -0.05) is 42.2 Å². The molecule has 1 aromatic rings. The number of thiazole rings is 1. The van der Waals surface area contributed by atoms with Crippen molar-refractivity contribution in [3.05, 3.63) is 10.0 Å².